The number of para-hydroxylation sites is 3. The highest BCUT2D eigenvalue weighted by Crippen LogP contribution is 2.28. The molecule has 1 heterocycles. The molecule has 0 saturated carbocycles. The number of nitro groups is 1. The number of hydrogen-bond acceptors (Lipinski definition) is 5. The van der Waals surface area contributed by atoms with Crippen LogP contribution in [0.15, 0.2) is 53.5 Å². The van der Waals surface area contributed by atoms with Crippen molar-refractivity contribution < 1.29 is 9.66 Å². The third-order valence-electron chi connectivity index (χ3n) is 4.84. The summed E-state index contributed by atoms with van der Waals surface area (Å²) in [4.78, 5) is 19.6. The van der Waals surface area contributed by atoms with Crippen LogP contribution in [0.3, 0.4) is 0 Å². The molecule has 0 bridgehead atoms. The number of piperazine rings is 1. The molecule has 8 heteroatoms. The van der Waals surface area contributed by atoms with Gasteiger partial charge in [0.1, 0.15) is 5.75 Å². The minimum absolute atomic E-state index is 0.117. The number of aliphatic imine (C=N–C) groups is 1. The fourth-order valence-corrected chi connectivity index (χ4v) is 3.40. The molecule has 0 atom stereocenters. The number of guanidine groups is 1. The van der Waals surface area contributed by atoms with Gasteiger partial charge in [-0.1, -0.05) is 30.3 Å². The van der Waals surface area contributed by atoms with Gasteiger partial charge in [0.2, 0.25) is 0 Å². The van der Waals surface area contributed by atoms with Crippen LogP contribution < -0.4 is 15.0 Å². The Bertz CT molecular complexity index is 847. The molecule has 2 aromatic rings. The van der Waals surface area contributed by atoms with Gasteiger partial charge in [0, 0.05) is 51.4 Å². The summed E-state index contributed by atoms with van der Waals surface area (Å²) in [5, 5.41) is 14.4. The van der Waals surface area contributed by atoms with E-state index in [9.17, 15) is 10.1 Å². The van der Waals surface area contributed by atoms with Gasteiger partial charge in [-0.3, -0.25) is 15.1 Å². The van der Waals surface area contributed by atoms with E-state index < -0.39 is 0 Å². The molecule has 1 aliphatic heterocycles. The molecule has 0 spiro atoms. The summed E-state index contributed by atoms with van der Waals surface area (Å²) in [5.74, 6) is 1.62. The van der Waals surface area contributed by atoms with Crippen molar-refractivity contribution in [3.05, 3.63) is 64.2 Å². The average molecular weight is 383 g/mol. The number of nitrogens with zero attached hydrogens (tertiary/aromatic N) is 4. The van der Waals surface area contributed by atoms with E-state index in [1.807, 2.05) is 18.2 Å². The van der Waals surface area contributed by atoms with Gasteiger partial charge in [-0.05, 0) is 12.1 Å². The van der Waals surface area contributed by atoms with Crippen LogP contribution in [0.2, 0.25) is 0 Å². The molecule has 0 aliphatic carbocycles. The molecular formula is C20H25N5O3. The first kappa shape index (κ1) is 19.5. The van der Waals surface area contributed by atoms with E-state index in [0.29, 0.717) is 12.1 Å². The lowest BCUT2D eigenvalue weighted by molar-refractivity contribution is -0.385. The van der Waals surface area contributed by atoms with Crippen molar-refractivity contribution in [2.24, 2.45) is 4.99 Å². The third kappa shape index (κ3) is 4.33. The van der Waals surface area contributed by atoms with Crippen LogP contribution in [0.1, 0.15) is 5.56 Å². The van der Waals surface area contributed by atoms with Crippen LogP contribution in [0.25, 0.3) is 0 Å². The molecule has 1 saturated heterocycles. The number of nitrogens with one attached hydrogen (secondary N) is 1. The first-order chi connectivity index (χ1) is 13.6. The largest absolute Gasteiger partial charge is 0.495 e. The molecule has 0 aromatic heterocycles. The lowest BCUT2D eigenvalue weighted by Crippen LogP contribution is -2.52. The standard InChI is InChI=1S/C20H25N5O3/c1-21-20(22-15-16-7-3-4-8-17(16)25(26)27)24-13-11-23(12-14-24)18-9-5-6-10-19(18)28-2/h3-10H,11-15H2,1-2H3,(H,21,22). The number of nitro benzene ring substituents is 1. The molecule has 0 radical (unpaired) electrons. The van der Waals surface area contributed by atoms with Gasteiger partial charge in [0.25, 0.3) is 5.69 Å². The van der Waals surface area contributed by atoms with E-state index in [2.05, 4.69) is 26.2 Å². The molecule has 1 aliphatic rings. The molecule has 2 aromatic carbocycles. The smallest absolute Gasteiger partial charge is 0.274 e. The normalized spacial score (nSPS) is 14.7. The minimum Gasteiger partial charge on any atom is -0.495 e. The van der Waals surface area contributed by atoms with Crippen molar-refractivity contribution >= 4 is 17.3 Å². The predicted molar refractivity (Wildman–Crippen MR) is 110 cm³/mol. The SMILES string of the molecule is CN=C(NCc1ccccc1[N+](=O)[O-])N1CCN(c2ccccc2OC)CC1. The second-order valence-electron chi connectivity index (χ2n) is 6.43. The zero-order valence-electron chi connectivity index (χ0n) is 16.2. The summed E-state index contributed by atoms with van der Waals surface area (Å²) in [7, 11) is 3.41. The maximum absolute atomic E-state index is 11.2. The van der Waals surface area contributed by atoms with Gasteiger partial charge in [-0.2, -0.15) is 0 Å². The number of ether oxygens (including phenoxy) is 1. The summed E-state index contributed by atoms with van der Waals surface area (Å²) >= 11 is 0. The van der Waals surface area contributed by atoms with Crippen molar-refractivity contribution in [1.82, 2.24) is 10.2 Å². The Labute approximate surface area is 164 Å². The quantitative estimate of drug-likeness (QED) is 0.370. The summed E-state index contributed by atoms with van der Waals surface area (Å²) in [5.41, 5.74) is 1.85. The van der Waals surface area contributed by atoms with Crippen LogP contribution in [0, 0.1) is 10.1 Å². The second kappa shape index (κ2) is 9.07. The highest BCUT2D eigenvalue weighted by Gasteiger charge is 2.22. The average Bonchev–Trinajstić information content (AvgIpc) is 2.74. The topological polar surface area (TPSA) is 83.2 Å². The molecular weight excluding hydrogens is 358 g/mol. The van der Waals surface area contributed by atoms with E-state index in [4.69, 9.17) is 4.74 Å². The highest BCUT2D eigenvalue weighted by atomic mass is 16.6. The van der Waals surface area contributed by atoms with Crippen LogP contribution in [0.5, 0.6) is 5.75 Å². The first-order valence-corrected chi connectivity index (χ1v) is 9.20. The molecule has 8 nitrogen and oxygen atoms in total. The van der Waals surface area contributed by atoms with E-state index >= 15 is 0 Å². The maximum Gasteiger partial charge on any atom is 0.274 e. The van der Waals surface area contributed by atoms with Gasteiger partial charge in [0.15, 0.2) is 5.96 Å². The molecule has 3 rings (SSSR count). The van der Waals surface area contributed by atoms with Gasteiger partial charge in [-0.25, -0.2) is 0 Å². The van der Waals surface area contributed by atoms with E-state index in [0.717, 1.165) is 43.6 Å². The van der Waals surface area contributed by atoms with Crippen LogP contribution in [-0.2, 0) is 6.54 Å². The van der Waals surface area contributed by atoms with Crippen LogP contribution in [-0.4, -0.2) is 56.1 Å². The Balaban J connectivity index is 1.61. The van der Waals surface area contributed by atoms with E-state index in [1.54, 1.807) is 32.4 Å². The number of benzene rings is 2. The molecule has 1 N–H and O–H groups in total. The molecule has 28 heavy (non-hydrogen) atoms. The zero-order valence-corrected chi connectivity index (χ0v) is 16.2. The fourth-order valence-electron chi connectivity index (χ4n) is 3.40. The summed E-state index contributed by atoms with van der Waals surface area (Å²) in [6.45, 7) is 3.64. The van der Waals surface area contributed by atoms with Gasteiger partial charge < -0.3 is 19.9 Å². The Morgan fingerprint density at radius 2 is 1.82 bits per heavy atom. The fraction of sp³-hybridized carbons (Fsp3) is 0.350. The Morgan fingerprint density at radius 3 is 2.50 bits per heavy atom. The monoisotopic (exact) mass is 383 g/mol. The summed E-state index contributed by atoms with van der Waals surface area (Å²) < 4.78 is 5.47. The molecule has 0 amide bonds. The minimum atomic E-state index is -0.355. The molecule has 0 unspecified atom stereocenters. The van der Waals surface area contributed by atoms with Crippen molar-refractivity contribution in [1.29, 1.82) is 0 Å². The van der Waals surface area contributed by atoms with Crippen molar-refractivity contribution in [3.8, 4) is 5.75 Å². The van der Waals surface area contributed by atoms with E-state index in [-0.39, 0.29) is 10.6 Å². The first-order valence-electron chi connectivity index (χ1n) is 9.20. The van der Waals surface area contributed by atoms with Crippen molar-refractivity contribution in [2.75, 3.05) is 45.2 Å². The Morgan fingerprint density at radius 1 is 1.14 bits per heavy atom. The molecule has 1 fully saturated rings. The van der Waals surface area contributed by atoms with Gasteiger partial charge >= 0.3 is 0 Å². The highest BCUT2D eigenvalue weighted by molar-refractivity contribution is 5.80. The lowest BCUT2D eigenvalue weighted by Gasteiger charge is -2.38. The maximum atomic E-state index is 11.2. The van der Waals surface area contributed by atoms with E-state index in [1.165, 1.54) is 6.07 Å². The van der Waals surface area contributed by atoms with Gasteiger partial charge in [0.05, 0.1) is 17.7 Å². The predicted octanol–water partition coefficient (Wildman–Crippen LogP) is 2.50. The number of anilines is 1. The van der Waals surface area contributed by atoms with Crippen molar-refractivity contribution in [3.63, 3.8) is 0 Å². The van der Waals surface area contributed by atoms with Gasteiger partial charge in [-0.15, -0.1) is 0 Å². The Hall–Kier alpha value is -3.29. The molecule has 148 valence electrons. The van der Waals surface area contributed by atoms with Crippen molar-refractivity contribution in [2.45, 2.75) is 6.54 Å². The Kier molecular flexibility index (Phi) is 6.31. The number of methoxy groups -OCH3 is 1. The number of rotatable bonds is 5. The third-order valence-corrected chi connectivity index (χ3v) is 4.84. The second-order valence-corrected chi connectivity index (χ2v) is 6.43. The number of hydrogen-bond donors (Lipinski definition) is 1. The summed E-state index contributed by atoms with van der Waals surface area (Å²) in [6.07, 6.45) is 0. The lowest BCUT2D eigenvalue weighted by atomic mass is 10.2. The van der Waals surface area contributed by atoms with Crippen LogP contribution >= 0.6 is 0 Å². The zero-order chi connectivity index (χ0) is 19.9. The van der Waals surface area contributed by atoms with Crippen LogP contribution in [0.4, 0.5) is 11.4 Å². The summed E-state index contributed by atoms with van der Waals surface area (Å²) in [6, 6.07) is 14.8.